The van der Waals surface area contributed by atoms with Crippen LogP contribution in [0.3, 0.4) is 0 Å². The molecule has 2 aromatic carbocycles. The van der Waals surface area contributed by atoms with E-state index in [4.69, 9.17) is 0 Å². The quantitative estimate of drug-likeness (QED) is 0.943. The Morgan fingerprint density at radius 3 is 2.32 bits per heavy atom. The summed E-state index contributed by atoms with van der Waals surface area (Å²) in [6.45, 7) is 5.54. The molecular weight excluding hydrogens is 298 g/mol. The minimum Gasteiger partial charge on any atom is -0.325 e. The van der Waals surface area contributed by atoms with Gasteiger partial charge in [0.05, 0.1) is 4.90 Å². The standard InChI is InChI=1S/C17H19NO3S/c1-12-5-4-6-15(10-12)18-17(19)11-22(20,21)16-8-7-13(2)9-14(16)3/h4-10H,11H2,1-3H3,(H,18,19). The number of aryl methyl sites for hydroxylation is 3. The Hall–Kier alpha value is -2.14. The van der Waals surface area contributed by atoms with Crippen LogP contribution in [0.4, 0.5) is 5.69 Å². The fourth-order valence-electron chi connectivity index (χ4n) is 2.32. The summed E-state index contributed by atoms with van der Waals surface area (Å²) in [4.78, 5) is 12.2. The molecule has 0 unspecified atom stereocenters. The number of nitrogens with one attached hydrogen (secondary N) is 1. The molecule has 0 fully saturated rings. The lowest BCUT2D eigenvalue weighted by molar-refractivity contribution is -0.113. The Morgan fingerprint density at radius 2 is 1.68 bits per heavy atom. The van der Waals surface area contributed by atoms with Crippen molar-refractivity contribution >= 4 is 21.4 Å². The first kappa shape index (κ1) is 16.2. The number of carbonyl (C=O) groups is 1. The van der Waals surface area contributed by atoms with Crippen LogP contribution >= 0.6 is 0 Å². The molecule has 0 aliphatic rings. The highest BCUT2D eigenvalue weighted by Crippen LogP contribution is 2.18. The molecule has 0 aliphatic heterocycles. The third-order valence-electron chi connectivity index (χ3n) is 3.29. The first-order chi connectivity index (χ1) is 10.3. The van der Waals surface area contributed by atoms with E-state index in [0.29, 0.717) is 11.3 Å². The first-order valence-corrected chi connectivity index (χ1v) is 8.60. The summed E-state index contributed by atoms with van der Waals surface area (Å²) in [5.41, 5.74) is 3.24. The van der Waals surface area contributed by atoms with Gasteiger partial charge in [0.2, 0.25) is 5.91 Å². The second-order valence-electron chi connectivity index (χ2n) is 5.45. The van der Waals surface area contributed by atoms with Crippen molar-refractivity contribution in [1.82, 2.24) is 0 Å². The summed E-state index contributed by atoms with van der Waals surface area (Å²) in [5.74, 6) is -1.10. The maximum Gasteiger partial charge on any atom is 0.239 e. The molecule has 0 saturated carbocycles. The molecule has 2 rings (SSSR count). The molecule has 1 amide bonds. The van der Waals surface area contributed by atoms with Crippen molar-refractivity contribution in [3.8, 4) is 0 Å². The molecule has 0 aromatic heterocycles. The van der Waals surface area contributed by atoms with E-state index in [0.717, 1.165) is 11.1 Å². The highest BCUT2D eigenvalue weighted by molar-refractivity contribution is 7.92. The molecule has 2 aromatic rings. The van der Waals surface area contributed by atoms with Gasteiger partial charge < -0.3 is 5.32 Å². The molecule has 22 heavy (non-hydrogen) atoms. The maximum atomic E-state index is 12.4. The van der Waals surface area contributed by atoms with E-state index in [1.54, 1.807) is 37.3 Å². The number of anilines is 1. The van der Waals surface area contributed by atoms with Gasteiger partial charge in [-0.1, -0.05) is 29.8 Å². The van der Waals surface area contributed by atoms with Gasteiger partial charge in [0.25, 0.3) is 0 Å². The Morgan fingerprint density at radius 1 is 1.00 bits per heavy atom. The van der Waals surface area contributed by atoms with E-state index in [9.17, 15) is 13.2 Å². The Labute approximate surface area is 131 Å². The van der Waals surface area contributed by atoms with Crippen molar-refractivity contribution in [2.45, 2.75) is 25.7 Å². The lowest BCUT2D eigenvalue weighted by Gasteiger charge is -2.09. The number of rotatable bonds is 4. The number of benzene rings is 2. The van der Waals surface area contributed by atoms with Crippen molar-refractivity contribution in [3.05, 3.63) is 59.2 Å². The smallest absolute Gasteiger partial charge is 0.239 e. The van der Waals surface area contributed by atoms with Crippen molar-refractivity contribution in [2.24, 2.45) is 0 Å². The molecule has 0 atom stereocenters. The summed E-state index contributed by atoms with van der Waals surface area (Å²) in [6.07, 6.45) is 0. The van der Waals surface area contributed by atoms with E-state index < -0.39 is 21.5 Å². The highest BCUT2D eigenvalue weighted by Gasteiger charge is 2.21. The summed E-state index contributed by atoms with van der Waals surface area (Å²) in [5, 5.41) is 2.62. The van der Waals surface area contributed by atoms with E-state index in [-0.39, 0.29) is 4.90 Å². The van der Waals surface area contributed by atoms with Crippen LogP contribution in [0.2, 0.25) is 0 Å². The van der Waals surface area contributed by atoms with Crippen molar-refractivity contribution < 1.29 is 13.2 Å². The van der Waals surface area contributed by atoms with Crippen LogP contribution < -0.4 is 5.32 Å². The number of hydrogen-bond donors (Lipinski definition) is 1. The molecule has 5 heteroatoms. The van der Waals surface area contributed by atoms with Crippen LogP contribution in [0.15, 0.2) is 47.4 Å². The normalized spacial score (nSPS) is 11.2. The van der Waals surface area contributed by atoms with Gasteiger partial charge in [-0.3, -0.25) is 4.79 Å². The van der Waals surface area contributed by atoms with E-state index in [2.05, 4.69) is 5.32 Å². The summed E-state index contributed by atoms with van der Waals surface area (Å²) < 4.78 is 24.7. The topological polar surface area (TPSA) is 63.2 Å². The van der Waals surface area contributed by atoms with Gasteiger partial charge >= 0.3 is 0 Å². The first-order valence-electron chi connectivity index (χ1n) is 6.94. The van der Waals surface area contributed by atoms with Gasteiger partial charge in [-0.05, 0) is 50.1 Å². The lowest BCUT2D eigenvalue weighted by atomic mass is 10.2. The molecule has 1 N–H and O–H groups in total. The second kappa shape index (κ2) is 6.32. The van der Waals surface area contributed by atoms with Crippen LogP contribution in [0.25, 0.3) is 0 Å². The summed E-state index contributed by atoms with van der Waals surface area (Å²) in [6, 6.07) is 12.3. The molecule has 0 aliphatic carbocycles. The Kier molecular flexibility index (Phi) is 4.66. The van der Waals surface area contributed by atoms with Gasteiger partial charge in [-0.2, -0.15) is 0 Å². The maximum absolute atomic E-state index is 12.4. The minimum absolute atomic E-state index is 0.206. The Bertz CT molecular complexity index is 810. The molecule has 0 spiro atoms. The third-order valence-corrected chi connectivity index (χ3v) is 5.06. The number of sulfone groups is 1. The van der Waals surface area contributed by atoms with Gasteiger partial charge in [0, 0.05) is 5.69 Å². The van der Waals surface area contributed by atoms with Crippen LogP contribution in [0.1, 0.15) is 16.7 Å². The second-order valence-corrected chi connectivity index (χ2v) is 7.40. The lowest BCUT2D eigenvalue weighted by Crippen LogP contribution is -2.23. The zero-order chi connectivity index (χ0) is 16.3. The number of carbonyl (C=O) groups excluding carboxylic acids is 1. The fraction of sp³-hybridized carbons (Fsp3) is 0.235. The van der Waals surface area contributed by atoms with Crippen molar-refractivity contribution in [3.63, 3.8) is 0 Å². The van der Waals surface area contributed by atoms with E-state index >= 15 is 0 Å². The number of hydrogen-bond acceptors (Lipinski definition) is 3. The summed E-state index contributed by atoms with van der Waals surface area (Å²) in [7, 11) is -3.65. The van der Waals surface area contributed by atoms with E-state index in [1.807, 2.05) is 26.0 Å². The largest absolute Gasteiger partial charge is 0.325 e. The third kappa shape index (κ3) is 3.95. The summed E-state index contributed by atoms with van der Waals surface area (Å²) >= 11 is 0. The van der Waals surface area contributed by atoms with Crippen LogP contribution in [0, 0.1) is 20.8 Å². The Balaban J connectivity index is 2.16. The van der Waals surface area contributed by atoms with Gasteiger partial charge in [0.15, 0.2) is 9.84 Å². The number of amides is 1. The zero-order valence-corrected chi connectivity index (χ0v) is 13.7. The monoisotopic (exact) mass is 317 g/mol. The van der Waals surface area contributed by atoms with Gasteiger partial charge in [-0.15, -0.1) is 0 Å². The molecule has 0 radical (unpaired) electrons. The molecule has 0 saturated heterocycles. The van der Waals surface area contributed by atoms with Crippen molar-refractivity contribution in [1.29, 1.82) is 0 Å². The fourth-order valence-corrected chi connectivity index (χ4v) is 3.72. The predicted octanol–water partition coefficient (Wildman–Crippen LogP) is 3.02. The SMILES string of the molecule is Cc1cccc(NC(=O)CS(=O)(=O)c2ccc(C)cc2C)c1. The van der Waals surface area contributed by atoms with Crippen LogP contribution in [-0.4, -0.2) is 20.1 Å². The van der Waals surface area contributed by atoms with Crippen LogP contribution in [-0.2, 0) is 14.6 Å². The average Bonchev–Trinajstić information content (AvgIpc) is 2.36. The van der Waals surface area contributed by atoms with Gasteiger partial charge in [0.1, 0.15) is 5.75 Å². The molecular formula is C17H19NO3S. The van der Waals surface area contributed by atoms with Crippen molar-refractivity contribution in [2.75, 3.05) is 11.1 Å². The molecule has 0 bridgehead atoms. The van der Waals surface area contributed by atoms with E-state index in [1.165, 1.54) is 0 Å². The average molecular weight is 317 g/mol. The minimum atomic E-state index is -3.65. The zero-order valence-electron chi connectivity index (χ0n) is 12.9. The molecule has 4 nitrogen and oxygen atoms in total. The molecule has 0 heterocycles. The predicted molar refractivity (Wildman–Crippen MR) is 87.8 cm³/mol. The van der Waals surface area contributed by atoms with Crippen LogP contribution in [0.5, 0.6) is 0 Å². The molecule has 116 valence electrons. The van der Waals surface area contributed by atoms with Gasteiger partial charge in [-0.25, -0.2) is 8.42 Å². The highest BCUT2D eigenvalue weighted by atomic mass is 32.2.